The molecule has 0 atom stereocenters. The van der Waals surface area contributed by atoms with Gasteiger partial charge in [0.05, 0.1) is 12.3 Å². The van der Waals surface area contributed by atoms with Gasteiger partial charge in [0.1, 0.15) is 5.75 Å². The molecule has 1 heterocycles. The average Bonchev–Trinajstić information content (AvgIpc) is 2.48. The van der Waals surface area contributed by atoms with E-state index in [1.165, 1.54) is 5.56 Å². The molecule has 1 aromatic carbocycles. The Balaban J connectivity index is 1.95. The molecule has 0 unspecified atom stereocenters. The van der Waals surface area contributed by atoms with E-state index in [1.807, 2.05) is 25.1 Å². The monoisotopic (exact) mass is 284 g/mol. The van der Waals surface area contributed by atoms with Gasteiger partial charge in [0, 0.05) is 24.7 Å². The number of benzene rings is 1. The molecule has 3 heteroatoms. The Morgan fingerprint density at radius 1 is 1.10 bits per heavy atom. The molecule has 2 aromatic rings. The lowest BCUT2D eigenvalue weighted by atomic mass is 10.2. The lowest BCUT2D eigenvalue weighted by Gasteiger charge is -2.13. The summed E-state index contributed by atoms with van der Waals surface area (Å²) in [6, 6.07) is 14.8. The van der Waals surface area contributed by atoms with Gasteiger partial charge in [-0.15, -0.1) is 0 Å². The third kappa shape index (κ3) is 5.20. The van der Waals surface area contributed by atoms with Gasteiger partial charge in [-0.25, -0.2) is 0 Å². The maximum absolute atomic E-state index is 5.93. The zero-order chi connectivity index (χ0) is 15.1. The van der Waals surface area contributed by atoms with Crippen LogP contribution < -0.4 is 10.1 Å². The van der Waals surface area contributed by atoms with Crippen LogP contribution in [0.25, 0.3) is 0 Å². The number of nitrogens with zero attached hydrogens (tertiary/aromatic N) is 1. The number of rotatable bonds is 7. The Morgan fingerprint density at radius 3 is 2.57 bits per heavy atom. The Labute approximate surface area is 127 Å². The van der Waals surface area contributed by atoms with Gasteiger partial charge in [0.2, 0.25) is 0 Å². The highest BCUT2D eigenvalue weighted by Crippen LogP contribution is 2.17. The van der Waals surface area contributed by atoms with Crippen molar-refractivity contribution >= 4 is 0 Å². The topological polar surface area (TPSA) is 34.1 Å². The Hall–Kier alpha value is -1.87. The maximum Gasteiger partial charge on any atom is 0.142 e. The van der Waals surface area contributed by atoms with E-state index in [2.05, 4.69) is 48.4 Å². The fraction of sp³-hybridized carbons (Fsp3) is 0.389. The Kier molecular flexibility index (Phi) is 5.76. The molecule has 3 nitrogen and oxygen atoms in total. The summed E-state index contributed by atoms with van der Waals surface area (Å²) in [6.07, 6.45) is 0.908. The van der Waals surface area contributed by atoms with E-state index in [1.54, 1.807) is 0 Å². The van der Waals surface area contributed by atoms with Crippen LogP contribution in [0.3, 0.4) is 0 Å². The summed E-state index contributed by atoms with van der Waals surface area (Å²) < 4.78 is 5.93. The minimum absolute atomic E-state index is 0.435. The molecule has 0 saturated carbocycles. The van der Waals surface area contributed by atoms with Crippen molar-refractivity contribution in [3.05, 3.63) is 59.4 Å². The van der Waals surface area contributed by atoms with E-state index < -0.39 is 0 Å². The molecule has 0 radical (unpaired) electrons. The molecule has 0 amide bonds. The summed E-state index contributed by atoms with van der Waals surface area (Å²) in [5.41, 5.74) is 3.29. The van der Waals surface area contributed by atoms with Crippen molar-refractivity contribution in [2.24, 2.45) is 0 Å². The van der Waals surface area contributed by atoms with Gasteiger partial charge in [-0.1, -0.05) is 44.2 Å². The minimum Gasteiger partial charge on any atom is -0.491 e. The fourth-order valence-electron chi connectivity index (χ4n) is 2.08. The second-order valence-corrected chi connectivity index (χ2v) is 5.52. The minimum atomic E-state index is 0.435. The van der Waals surface area contributed by atoms with E-state index in [4.69, 9.17) is 4.74 Å². The molecule has 0 bridgehead atoms. The normalized spacial score (nSPS) is 10.9. The van der Waals surface area contributed by atoms with Crippen LogP contribution in [0.15, 0.2) is 42.5 Å². The molecule has 0 spiro atoms. The fourth-order valence-corrected chi connectivity index (χ4v) is 2.08. The quantitative estimate of drug-likeness (QED) is 0.845. The van der Waals surface area contributed by atoms with Gasteiger partial charge < -0.3 is 10.1 Å². The van der Waals surface area contributed by atoms with E-state index >= 15 is 0 Å². The van der Waals surface area contributed by atoms with Crippen LogP contribution in [-0.4, -0.2) is 17.6 Å². The molecule has 21 heavy (non-hydrogen) atoms. The van der Waals surface area contributed by atoms with Crippen LogP contribution in [-0.2, 0) is 13.0 Å². The second kappa shape index (κ2) is 7.79. The summed E-state index contributed by atoms with van der Waals surface area (Å²) in [5, 5.41) is 3.39. The first-order valence-electron chi connectivity index (χ1n) is 7.52. The van der Waals surface area contributed by atoms with Crippen LogP contribution in [0.5, 0.6) is 5.75 Å². The molecular formula is C18H24N2O. The summed E-state index contributed by atoms with van der Waals surface area (Å²) in [7, 11) is 0. The third-order valence-corrected chi connectivity index (χ3v) is 3.24. The first kappa shape index (κ1) is 15.5. The first-order chi connectivity index (χ1) is 10.1. The number of aryl methyl sites for hydroxylation is 1. The molecular weight excluding hydrogens is 260 g/mol. The van der Waals surface area contributed by atoms with Crippen LogP contribution in [0, 0.1) is 6.92 Å². The lowest BCUT2D eigenvalue weighted by Crippen LogP contribution is -2.23. The van der Waals surface area contributed by atoms with Crippen LogP contribution in [0.1, 0.15) is 30.8 Å². The summed E-state index contributed by atoms with van der Waals surface area (Å²) in [5.74, 6) is 0.879. The van der Waals surface area contributed by atoms with Gasteiger partial charge in [0.25, 0.3) is 0 Å². The Bertz CT molecular complexity index is 552. The van der Waals surface area contributed by atoms with Crippen LogP contribution in [0.4, 0.5) is 0 Å². The first-order valence-corrected chi connectivity index (χ1v) is 7.52. The molecule has 1 aromatic heterocycles. The smallest absolute Gasteiger partial charge is 0.142 e. The molecule has 0 aliphatic rings. The average molecular weight is 284 g/mol. The number of hydrogen-bond acceptors (Lipinski definition) is 3. The van der Waals surface area contributed by atoms with Gasteiger partial charge in [0.15, 0.2) is 0 Å². The zero-order valence-electron chi connectivity index (χ0n) is 13.1. The molecule has 0 aliphatic carbocycles. The highest BCUT2D eigenvalue weighted by atomic mass is 16.5. The second-order valence-electron chi connectivity index (χ2n) is 5.52. The van der Waals surface area contributed by atoms with Crippen molar-refractivity contribution in [2.45, 2.75) is 39.8 Å². The van der Waals surface area contributed by atoms with Gasteiger partial charge >= 0.3 is 0 Å². The van der Waals surface area contributed by atoms with Gasteiger partial charge in [-0.05, 0) is 24.6 Å². The predicted octanol–water partition coefficient (Wildman–Crippen LogP) is 3.51. The van der Waals surface area contributed by atoms with Crippen molar-refractivity contribution in [3.8, 4) is 5.75 Å². The molecule has 0 aliphatic heterocycles. The van der Waals surface area contributed by atoms with E-state index in [-0.39, 0.29) is 0 Å². The highest BCUT2D eigenvalue weighted by Gasteiger charge is 2.07. The summed E-state index contributed by atoms with van der Waals surface area (Å²) in [6.45, 7) is 7.67. The number of pyridine rings is 1. The maximum atomic E-state index is 5.93. The number of aromatic nitrogens is 1. The van der Waals surface area contributed by atoms with Crippen LogP contribution >= 0.6 is 0 Å². The number of ether oxygens (including phenoxy) is 1. The molecule has 2 rings (SSSR count). The highest BCUT2D eigenvalue weighted by molar-refractivity contribution is 5.29. The SMILES string of the molecule is Cc1ccc(OCCc2ccccc2)c(CNC(C)C)n1. The van der Waals surface area contributed by atoms with Crippen molar-refractivity contribution in [1.29, 1.82) is 0 Å². The molecule has 0 fully saturated rings. The van der Waals surface area contributed by atoms with Gasteiger partial charge in [-0.2, -0.15) is 0 Å². The predicted molar refractivity (Wildman–Crippen MR) is 86.6 cm³/mol. The van der Waals surface area contributed by atoms with Crippen LogP contribution in [0.2, 0.25) is 0 Å². The molecule has 0 saturated heterocycles. The lowest BCUT2D eigenvalue weighted by molar-refractivity contribution is 0.315. The standard InChI is InChI=1S/C18H24N2O/c1-14(2)19-13-17-18(10-9-15(3)20-17)21-12-11-16-7-5-4-6-8-16/h4-10,14,19H,11-13H2,1-3H3. The van der Waals surface area contributed by atoms with Crippen molar-refractivity contribution in [3.63, 3.8) is 0 Å². The molecule has 1 N–H and O–H groups in total. The number of nitrogens with one attached hydrogen (secondary N) is 1. The Morgan fingerprint density at radius 2 is 1.86 bits per heavy atom. The van der Waals surface area contributed by atoms with E-state index in [9.17, 15) is 0 Å². The van der Waals surface area contributed by atoms with Crippen molar-refractivity contribution in [1.82, 2.24) is 10.3 Å². The zero-order valence-corrected chi connectivity index (χ0v) is 13.1. The van der Waals surface area contributed by atoms with Crippen molar-refractivity contribution < 1.29 is 4.74 Å². The third-order valence-electron chi connectivity index (χ3n) is 3.24. The van der Waals surface area contributed by atoms with E-state index in [0.29, 0.717) is 12.6 Å². The summed E-state index contributed by atoms with van der Waals surface area (Å²) >= 11 is 0. The number of hydrogen-bond donors (Lipinski definition) is 1. The summed E-state index contributed by atoms with van der Waals surface area (Å²) in [4.78, 5) is 4.58. The van der Waals surface area contributed by atoms with Crippen molar-refractivity contribution in [2.75, 3.05) is 6.61 Å². The largest absolute Gasteiger partial charge is 0.491 e. The van der Waals surface area contributed by atoms with Gasteiger partial charge in [-0.3, -0.25) is 4.98 Å². The van der Waals surface area contributed by atoms with E-state index in [0.717, 1.165) is 30.1 Å². The molecule has 112 valence electrons.